The fourth-order valence-electron chi connectivity index (χ4n) is 4.25. The lowest BCUT2D eigenvalue weighted by Crippen LogP contribution is -2.33. The van der Waals surface area contributed by atoms with E-state index in [0.29, 0.717) is 23.4 Å². The maximum atomic E-state index is 13.4. The van der Waals surface area contributed by atoms with Crippen LogP contribution in [0, 0.1) is 5.82 Å². The van der Waals surface area contributed by atoms with E-state index in [1.807, 2.05) is 36.4 Å². The van der Waals surface area contributed by atoms with Crippen LogP contribution >= 0.6 is 0 Å². The minimum Gasteiger partial charge on any atom is -0.330 e. The fraction of sp³-hybridized carbons (Fsp3) is 0.214. The molecule has 0 saturated heterocycles. The van der Waals surface area contributed by atoms with Crippen molar-refractivity contribution in [2.24, 2.45) is 0 Å². The van der Waals surface area contributed by atoms with Gasteiger partial charge in [0, 0.05) is 11.6 Å². The Morgan fingerprint density at radius 2 is 1.53 bits per heavy atom. The van der Waals surface area contributed by atoms with E-state index in [-0.39, 0.29) is 29.4 Å². The zero-order valence-electron chi connectivity index (χ0n) is 19.6. The van der Waals surface area contributed by atoms with E-state index in [4.69, 9.17) is 0 Å². The highest BCUT2D eigenvalue weighted by Gasteiger charge is 2.34. The first kappa shape index (κ1) is 23.9. The number of hydrogen-bond donors (Lipinski definition) is 0. The van der Waals surface area contributed by atoms with Crippen molar-refractivity contribution in [3.63, 3.8) is 0 Å². The molecule has 6 nitrogen and oxygen atoms in total. The molecule has 0 N–H and O–H groups in total. The van der Waals surface area contributed by atoms with Gasteiger partial charge in [0.2, 0.25) is 15.0 Å². The van der Waals surface area contributed by atoms with Crippen molar-refractivity contribution >= 4 is 15.7 Å². The Morgan fingerprint density at radius 3 is 2.14 bits per heavy atom. The van der Waals surface area contributed by atoms with Crippen LogP contribution in [0.2, 0.25) is 0 Å². The third kappa shape index (κ3) is 5.39. The van der Waals surface area contributed by atoms with E-state index in [2.05, 4.69) is 4.98 Å². The first-order valence-corrected chi connectivity index (χ1v) is 13.5. The number of amides is 1. The molecule has 5 rings (SSSR count). The largest absolute Gasteiger partial charge is 0.330 e. The second-order valence-electron chi connectivity index (χ2n) is 9.02. The number of benzene rings is 3. The average molecular weight is 504 g/mol. The molecule has 1 fully saturated rings. The van der Waals surface area contributed by atoms with Gasteiger partial charge >= 0.3 is 0 Å². The van der Waals surface area contributed by atoms with Crippen molar-refractivity contribution in [3.8, 4) is 0 Å². The van der Waals surface area contributed by atoms with Gasteiger partial charge in [0.1, 0.15) is 5.82 Å². The van der Waals surface area contributed by atoms with Crippen LogP contribution in [0.3, 0.4) is 0 Å². The van der Waals surface area contributed by atoms with E-state index in [1.54, 1.807) is 39.9 Å². The molecule has 8 heteroatoms. The van der Waals surface area contributed by atoms with Crippen molar-refractivity contribution in [3.05, 3.63) is 119 Å². The van der Waals surface area contributed by atoms with Crippen molar-refractivity contribution in [1.29, 1.82) is 0 Å². The molecule has 1 saturated carbocycles. The average Bonchev–Trinajstić information content (AvgIpc) is 3.64. The molecule has 36 heavy (non-hydrogen) atoms. The van der Waals surface area contributed by atoms with Gasteiger partial charge in [-0.3, -0.25) is 4.79 Å². The van der Waals surface area contributed by atoms with Crippen LogP contribution < -0.4 is 0 Å². The Kier molecular flexibility index (Phi) is 6.69. The highest BCUT2D eigenvalue weighted by molar-refractivity contribution is 7.90. The molecule has 0 spiro atoms. The van der Waals surface area contributed by atoms with Gasteiger partial charge in [0.15, 0.2) is 0 Å². The summed E-state index contributed by atoms with van der Waals surface area (Å²) in [6.07, 6.45) is 3.30. The number of carbonyl (C=O) groups excluding carboxylic acids is 1. The number of carbonyl (C=O) groups is 1. The molecule has 4 aromatic rings. The zero-order chi connectivity index (χ0) is 25.1. The molecule has 0 atom stereocenters. The molecule has 1 amide bonds. The Morgan fingerprint density at radius 1 is 0.917 bits per heavy atom. The minimum atomic E-state index is -3.75. The van der Waals surface area contributed by atoms with Crippen LogP contribution in [-0.2, 0) is 28.7 Å². The van der Waals surface area contributed by atoms with Crippen molar-refractivity contribution in [1.82, 2.24) is 14.5 Å². The predicted octanol–water partition coefficient (Wildman–Crippen LogP) is 4.85. The van der Waals surface area contributed by atoms with Gasteiger partial charge in [-0.1, -0.05) is 60.7 Å². The molecule has 0 radical (unpaired) electrons. The van der Waals surface area contributed by atoms with Crippen molar-refractivity contribution < 1.29 is 17.6 Å². The molecule has 0 aliphatic heterocycles. The third-order valence-electron chi connectivity index (χ3n) is 6.23. The van der Waals surface area contributed by atoms with Crippen molar-refractivity contribution in [2.75, 3.05) is 0 Å². The third-order valence-corrected chi connectivity index (χ3v) is 7.83. The summed E-state index contributed by atoms with van der Waals surface area (Å²) >= 11 is 0. The fourth-order valence-corrected chi connectivity index (χ4v) is 5.74. The normalized spacial score (nSPS) is 13.5. The van der Waals surface area contributed by atoms with Crippen LogP contribution in [-0.4, -0.2) is 34.8 Å². The SMILES string of the molecule is O=C(c1ccc(F)cc1)N(Cc1cnc(S(=O)(=O)Cc2ccccc2)n1Cc1ccccc1)C1CC1. The van der Waals surface area contributed by atoms with Gasteiger partial charge in [-0.15, -0.1) is 0 Å². The van der Waals surface area contributed by atoms with E-state index < -0.39 is 15.7 Å². The minimum absolute atomic E-state index is 0.0183. The summed E-state index contributed by atoms with van der Waals surface area (Å²) < 4.78 is 42.0. The molecule has 1 aliphatic carbocycles. The maximum Gasteiger partial charge on any atom is 0.254 e. The summed E-state index contributed by atoms with van der Waals surface area (Å²) in [6, 6.07) is 24.1. The van der Waals surface area contributed by atoms with Gasteiger partial charge in [-0.25, -0.2) is 17.8 Å². The number of aromatic nitrogens is 2. The quantitative estimate of drug-likeness (QED) is 0.327. The van der Waals surface area contributed by atoms with Crippen LogP contribution in [0.5, 0.6) is 0 Å². The number of rotatable bonds is 9. The zero-order valence-corrected chi connectivity index (χ0v) is 20.4. The van der Waals surface area contributed by atoms with E-state index >= 15 is 0 Å². The number of hydrogen-bond acceptors (Lipinski definition) is 4. The standard InChI is InChI=1S/C28H26FN3O3S/c29-24-13-11-23(12-14-24)27(33)31(25-15-16-25)19-26-17-30-28(32(26)18-21-7-3-1-4-8-21)36(34,35)20-22-9-5-2-6-10-22/h1-14,17,25H,15-16,18-20H2. The number of sulfone groups is 1. The van der Waals surface area contributed by atoms with Crippen LogP contribution in [0.4, 0.5) is 4.39 Å². The van der Waals surface area contributed by atoms with Crippen molar-refractivity contribution in [2.45, 2.75) is 42.9 Å². The summed E-state index contributed by atoms with van der Waals surface area (Å²) in [6.45, 7) is 0.518. The summed E-state index contributed by atoms with van der Waals surface area (Å²) in [5.41, 5.74) is 2.64. The Hall–Kier alpha value is -3.78. The lowest BCUT2D eigenvalue weighted by atomic mass is 10.2. The molecular weight excluding hydrogens is 477 g/mol. The highest BCUT2D eigenvalue weighted by atomic mass is 32.2. The molecule has 0 bridgehead atoms. The summed E-state index contributed by atoms with van der Waals surface area (Å²) in [4.78, 5) is 19.4. The van der Waals surface area contributed by atoms with Gasteiger partial charge in [0.05, 0.1) is 30.7 Å². The van der Waals surface area contributed by atoms with Crippen LogP contribution in [0.15, 0.2) is 96.3 Å². The van der Waals surface area contributed by atoms with Gasteiger partial charge in [0.25, 0.3) is 5.91 Å². The number of imidazole rings is 1. The Balaban J connectivity index is 1.50. The van der Waals surface area contributed by atoms with E-state index in [9.17, 15) is 17.6 Å². The lowest BCUT2D eigenvalue weighted by molar-refractivity contribution is 0.0725. The molecule has 1 aromatic heterocycles. The predicted molar refractivity (Wildman–Crippen MR) is 134 cm³/mol. The molecule has 184 valence electrons. The Bertz CT molecular complexity index is 1450. The summed E-state index contributed by atoms with van der Waals surface area (Å²) in [7, 11) is -3.75. The van der Waals surface area contributed by atoms with Crippen LogP contribution in [0.1, 0.15) is 40.0 Å². The monoisotopic (exact) mass is 503 g/mol. The number of nitrogens with zero attached hydrogens (tertiary/aromatic N) is 3. The van der Waals surface area contributed by atoms with Gasteiger partial charge < -0.3 is 9.47 Å². The Labute approximate surface area is 210 Å². The topological polar surface area (TPSA) is 72.3 Å². The van der Waals surface area contributed by atoms with Gasteiger partial charge in [-0.05, 0) is 48.2 Å². The first-order chi connectivity index (χ1) is 17.4. The van der Waals surface area contributed by atoms with E-state index in [0.717, 1.165) is 18.4 Å². The van der Waals surface area contributed by atoms with Gasteiger partial charge in [-0.2, -0.15) is 0 Å². The molecule has 1 aliphatic rings. The molecule has 0 unspecified atom stereocenters. The first-order valence-electron chi connectivity index (χ1n) is 11.8. The highest BCUT2D eigenvalue weighted by Crippen LogP contribution is 2.31. The maximum absolute atomic E-state index is 13.4. The molecule has 1 heterocycles. The second kappa shape index (κ2) is 10.1. The second-order valence-corrected chi connectivity index (χ2v) is 10.9. The van der Waals surface area contributed by atoms with E-state index in [1.165, 1.54) is 24.3 Å². The smallest absolute Gasteiger partial charge is 0.254 e. The number of halogens is 1. The summed E-state index contributed by atoms with van der Waals surface area (Å²) in [5.74, 6) is -0.780. The van der Waals surface area contributed by atoms with Crippen LogP contribution in [0.25, 0.3) is 0 Å². The summed E-state index contributed by atoms with van der Waals surface area (Å²) in [5, 5.41) is -0.0183. The molecule has 3 aromatic carbocycles. The lowest BCUT2D eigenvalue weighted by Gasteiger charge is -2.23. The molecular formula is C28H26FN3O3S.